The highest BCUT2D eigenvalue weighted by Gasteiger charge is 2.17. The van der Waals surface area contributed by atoms with Crippen LogP contribution >= 0.6 is 146 Å². The third kappa shape index (κ3) is 31.4. The molecule has 0 spiro atoms. The number of H-pyrrole nitrogens is 3. The average Bonchev–Trinajstić information content (AvgIpc) is 1.63. The number of ether oxygens (including phenoxy) is 2. The number of aryl methyl sites for hydroxylation is 5. The summed E-state index contributed by atoms with van der Waals surface area (Å²) in [5, 5.41) is 43.3. The van der Waals surface area contributed by atoms with Gasteiger partial charge < -0.3 is 50.8 Å². The molecule has 0 fully saturated rings. The van der Waals surface area contributed by atoms with Crippen LogP contribution in [0, 0.1) is 34.6 Å². The SMILES string of the molecule is C.C.CCO.CCO.CCOC(=O)c1c[nH]c2scc(C)c2c1=O.Cc1csc2[nH]cc(C(=O)O)c(=O)c12.Cc1csc2[nH]ccc(=O)c12.Cc1csc2nccc(Br)c12.Cc1csc2nccc(NCCc3ccc(Cl)cc3)c12.NCCc1ccc(Cl)cc1.O=P(Br)(Br)Br.c1ccc(Oc2ccccc2)cc1. The lowest BCUT2D eigenvalue weighted by Gasteiger charge is -2.08. The van der Waals surface area contributed by atoms with Crippen molar-refractivity contribution < 1.29 is 38.9 Å². The van der Waals surface area contributed by atoms with Gasteiger partial charge in [-0.2, -0.15) is 0 Å². The smallest absolute Gasteiger partial charge is 0.343 e. The summed E-state index contributed by atoms with van der Waals surface area (Å²) in [7, 11) is 0. The van der Waals surface area contributed by atoms with E-state index >= 15 is 0 Å². The number of hydrogen-bond acceptors (Lipinski definition) is 19. The fourth-order valence-corrected chi connectivity index (χ4v) is 14.8. The van der Waals surface area contributed by atoms with Gasteiger partial charge in [0.2, 0.25) is 10.9 Å². The molecule has 576 valence electrons. The van der Waals surface area contributed by atoms with Gasteiger partial charge in [0.05, 0.1) is 22.8 Å². The average molecular weight is 1880 g/mol. The number of fused-ring (bicyclic) bond motifs is 5. The number of carbonyl (C=O) groups is 2. The number of nitrogens with two attached hydrogens (primary N) is 1. The van der Waals surface area contributed by atoms with Crippen LogP contribution in [0.4, 0.5) is 5.69 Å². The van der Waals surface area contributed by atoms with Crippen LogP contribution in [0.3, 0.4) is 0 Å². The van der Waals surface area contributed by atoms with Crippen molar-refractivity contribution in [2.45, 2.75) is 83.1 Å². The van der Waals surface area contributed by atoms with E-state index in [1.165, 1.54) is 73.8 Å². The number of thiophene rings is 5. The molecule has 108 heavy (non-hydrogen) atoms. The maximum atomic E-state index is 12.0. The van der Waals surface area contributed by atoms with Crippen LogP contribution in [0.2, 0.25) is 10.0 Å². The number of rotatable bonds is 11. The van der Waals surface area contributed by atoms with Gasteiger partial charge >= 0.3 is 11.9 Å². The number of carbonyl (C=O) groups excluding carboxylic acids is 1. The number of aromatic amines is 3. The first-order valence-electron chi connectivity index (χ1n) is 32.3. The number of benzene rings is 4. The van der Waals surface area contributed by atoms with Gasteiger partial charge in [-0.15, -0.1) is 56.7 Å². The van der Waals surface area contributed by atoms with Crippen molar-refractivity contribution in [2.24, 2.45) is 5.73 Å². The molecule has 0 unspecified atom stereocenters. The number of aliphatic hydroxyl groups excluding tert-OH is 2. The Balaban J connectivity index is 0.000000321. The molecule has 4 aromatic carbocycles. The van der Waals surface area contributed by atoms with E-state index in [0.717, 1.165) is 91.6 Å². The zero-order chi connectivity index (χ0) is 77.9. The molecule has 10 heterocycles. The second-order valence-electron chi connectivity index (χ2n) is 21.9. The number of aliphatic hydroxyl groups is 2. The number of carboxylic acids is 1. The molecule has 0 atom stereocenters. The molecule has 0 bridgehead atoms. The summed E-state index contributed by atoms with van der Waals surface area (Å²) < 4.78 is 19.3. The van der Waals surface area contributed by atoms with Gasteiger partial charge in [0.15, 0.2) is 5.43 Å². The zero-order valence-corrected chi connectivity index (χ0v) is 71.5. The first kappa shape index (κ1) is 95.2. The molecule has 0 aliphatic carbocycles. The highest BCUT2D eigenvalue weighted by Crippen LogP contribution is 2.68. The van der Waals surface area contributed by atoms with E-state index in [1.54, 1.807) is 74.0 Å². The van der Waals surface area contributed by atoms with Gasteiger partial charge in [-0.25, -0.2) is 19.6 Å². The van der Waals surface area contributed by atoms with Crippen LogP contribution in [0.5, 0.6) is 11.5 Å². The third-order valence-electron chi connectivity index (χ3n) is 14.0. The standard InChI is InChI=1S/C16H15ClN2S.C12H10O.C11H11NO3S.C9H7NO3S.C8H6BrNS.C8H10ClN.C8H7NOS.2C2H6O.2CH4.Br3OP/c1-11-10-20-16-15(11)14(7-9-19-16)18-8-6-12-2-4-13(17)5-3-12;1-3-7-11(8-4-1)13-12-9-5-2-6-10-12;1-3-15-11(14)7-4-12-10-8(9(7)13)6(2)5-16-10;1-4-3-14-8-6(4)7(11)5(2-10-8)9(12)13;1-5-4-11-8-7(5)6(9)2-3-10-8;9-8-3-1-7(2-4-8)5-6-10;1-5-4-11-8-7(5)6(10)2-3-9-8;2*1-2-3;;;1-5(2,3)4/h2-5,7,9-10H,6,8H2,1H3,(H,18,19);1-10H;4-5H,3H2,1-2H3,(H,12,13);2-3H,1H3,(H,10,11)(H,12,13);2-4H,1H3;1-4H,5-6,10H2;2-4H,1H3,(H,9,10);2*3H,2H2,1H3;2*1H4;. The Morgan fingerprint density at radius 1 is 0.556 bits per heavy atom. The lowest BCUT2D eigenvalue weighted by atomic mass is 10.1. The molecule has 9 N–H and O–H groups in total. The van der Waals surface area contributed by atoms with Crippen molar-refractivity contribution in [3.8, 4) is 11.5 Å². The number of nitrogens with zero attached hydrogens (tertiary/aromatic N) is 2. The molecule has 10 aromatic heterocycles. The Kier molecular flexibility index (Phi) is 44.1. The van der Waals surface area contributed by atoms with Crippen molar-refractivity contribution in [2.75, 3.05) is 38.2 Å². The first-order chi connectivity index (χ1) is 50.7. The molecule has 0 saturated carbocycles. The monoisotopic (exact) mass is 1870 g/mol. The van der Waals surface area contributed by atoms with Crippen LogP contribution < -0.4 is 32.1 Å². The number of halogens is 6. The van der Waals surface area contributed by atoms with E-state index in [9.17, 15) is 28.5 Å². The van der Waals surface area contributed by atoms with Gasteiger partial charge in [0, 0.05) is 134 Å². The van der Waals surface area contributed by atoms with Gasteiger partial charge in [-0.3, -0.25) is 18.9 Å². The summed E-state index contributed by atoms with van der Waals surface area (Å²) in [6.45, 7) is 17.3. The Bertz CT molecular complexity index is 5220. The third-order valence-corrected chi connectivity index (χ3v) is 20.2. The summed E-state index contributed by atoms with van der Waals surface area (Å²) >= 11 is 31.2. The Hall–Kier alpha value is -7.02. The highest BCUT2D eigenvalue weighted by molar-refractivity contribution is 9.94. The summed E-state index contributed by atoms with van der Waals surface area (Å²) in [4.78, 5) is 79.2. The number of aromatic nitrogens is 5. The van der Waals surface area contributed by atoms with Crippen LogP contribution in [0.15, 0.2) is 204 Å². The molecule has 30 heteroatoms. The zero-order valence-electron chi connectivity index (χ0n) is 58.7. The number of esters is 1. The molecule has 0 aliphatic heterocycles. The number of pyridine rings is 5. The maximum absolute atomic E-state index is 12.0. The van der Waals surface area contributed by atoms with Crippen LogP contribution in [-0.4, -0.2) is 85.1 Å². The number of para-hydroxylation sites is 2. The first-order valence-corrected chi connectivity index (χ1v) is 46.0. The topological polar surface area (TPSA) is 293 Å². The van der Waals surface area contributed by atoms with E-state index in [2.05, 4.69) is 129 Å². The van der Waals surface area contributed by atoms with Crippen LogP contribution in [0.25, 0.3) is 51.1 Å². The van der Waals surface area contributed by atoms with Gasteiger partial charge in [-0.05, 0) is 217 Å². The minimum atomic E-state index is -2.20. The van der Waals surface area contributed by atoms with Crippen molar-refractivity contribution in [1.82, 2.24) is 24.9 Å². The molecule has 14 rings (SSSR count). The maximum Gasteiger partial charge on any atom is 0.343 e. The second kappa shape index (κ2) is 50.0. The predicted molar refractivity (Wildman–Crippen MR) is 475 cm³/mol. The van der Waals surface area contributed by atoms with E-state index in [1.807, 2.05) is 152 Å². The number of aromatic carboxylic acids is 1. The minimum Gasteiger partial charge on any atom is -0.477 e. The number of anilines is 1. The van der Waals surface area contributed by atoms with Gasteiger partial charge in [-0.1, -0.05) is 98.7 Å². The van der Waals surface area contributed by atoms with Gasteiger partial charge in [0.1, 0.15) is 46.8 Å². The Morgan fingerprint density at radius 3 is 1.40 bits per heavy atom. The van der Waals surface area contributed by atoms with E-state index in [0.29, 0.717) is 17.3 Å². The second-order valence-corrected chi connectivity index (χ2v) is 46.3. The minimum absolute atomic E-state index is 0. The van der Waals surface area contributed by atoms with Crippen molar-refractivity contribution >= 4 is 214 Å². The largest absolute Gasteiger partial charge is 0.477 e. The van der Waals surface area contributed by atoms with Crippen molar-refractivity contribution in [3.05, 3.63) is 281 Å². The number of nitrogens with one attached hydrogen (secondary N) is 4. The molecule has 18 nitrogen and oxygen atoms in total. The molecular formula is C78H86Br4Cl2N7O11PS5. The fraction of sp³-hybridized carbons (Fsp3) is 0.218. The molecular weight excluding hydrogens is 1790 g/mol. The van der Waals surface area contributed by atoms with E-state index in [-0.39, 0.29) is 56.7 Å². The van der Waals surface area contributed by atoms with Crippen LogP contribution in [-0.2, 0) is 22.1 Å². The Labute approximate surface area is 690 Å². The normalized spacial score (nSPS) is 10.1. The fourth-order valence-electron chi connectivity index (χ4n) is 9.25. The molecule has 14 aromatic rings. The number of hydrogen-bond donors (Lipinski definition) is 8. The summed E-state index contributed by atoms with van der Waals surface area (Å²) in [6.07, 6.45) is 9.93. The number of carboxylic acid groups (broad SMARTS) is 1. The van der Waals surface area contributed by atoms with E-state index in [4.69, 9.17) is 53.7 Å². The lowest BCUT2D eigenvalue weighted by Crippen LogP contribution is -2.17. The molecule has 0 radical (unpaired) electrons. The summed E-state index contributed by atoms with van der Waals surface area (Å²) in [6, 6.07) is 40.9. The van der Waals surface area contributed by atoms with Crippen molar-refractivity contribution in [1.29, 1.82) is 0 Å². The molecule has 0 saturated heterocycles. The van der Waals surface area contributed by atoms with E-state index < -0.39 is 20.6 Å². The molecule has 0 amide bonds. The van der Waals surface area contributed by atoms with Crippen LogP contribution in [0.1, 0.15) is 95.3 Å². The summed E-state index contributed by atoms with van der Waals surface area (Å²) in [5.41, 5.74) is 13.7. The quantitative estimate of drug-likeness (QED) is 0.0441. The summed E-state index contributed by atoms with van der Waals surface area (Å²) in [5.74, 6) is -0.0302. The van der Waals surface area contributed by atoms with Gasteiger partial charge in [0.25, 0.3) is 3.25 Å². The lowest BCUT2D eigenvalue weighted by molar-refractivity contribution is 0.0524. The highest BCUT2D eigenvalue weighted by atomic mass is 80.0. The van der Waals surface area contributed by atoms with Crippen molar-refractivity contribution in [3.63, 3.8) is 0 Å². The molecule has 0 aliphatic rings. The predicted octanol–water partition coefficient (Wildman–Crippen LogP) is 23.7. The Morgan fingerprint density at radius 2 is 0.954 bits per heavy atom.